The number of thioether (sulfide) groups is 1. The van der Waals surface area contributed by atoms with Gasteiger partial charge in [0, 0.05) is 17.4 Å². The predicted octanol–water partition coefficient (Wildman–Crippen LogP) is 3.42. The van der Waals surface area contributed by atoms with Crippen LogP contribution in [0.1, 0.15) is 33.2 Å². The van der Waals surface area contributed by atoms with E-state index in [2.05, 4.69) is 5.32 Å². The number of nitrogens with one attached hydrogen (secondary N) is 1. The first-order valence-electron chi connectivity index (χ1n) is 7.77. The molecule has 0 radical (unpaired) electrons. The van der Waals surface area contributed by atoms with Crippen molar-refractivity contribution in [3.63, 3.8) is 0 Å². The Kier molecular flexibility index (Phi) is 6.41. The molecule has 0 spiro atoms. The van der Waals surface area contributed by atoms with Crippen LogP contribution in [0.15, 0.2) is 41.3 Å². The quantitative estimate of drug-likeness (QED) is 0.458. The van der Waals surface area contributed by atoms with Crippen LogP contribution in [0.4, 0.5) is 5.69 Å². The van der Waals surface area contributed by atoms with Gasteiger partial charge in [-0.25, -0.2) is 4.79 Å². The van der Waals surface area contributed by atoms with Crippen LogP contribution in [-0.2, 0) is 9.53 Å². The van der Waals surface area contributed by atoms with Crippen molar-refractivity contribution >= 4 is 35.1 Å². The SMILES string of the molecule is CSc1ccc(C(=O)COC(=O)c2ccc(C)cc2O)cc1NC(C)=O. The molecule has 0 unspecified atom stereocenters. The van der Waals surface area contributed by atoms with Crippen molar-refractivity contribution in [3.8, 4) is 5.75 Å². The molecule has 0 saturated carbocycles. The maximum atomic E-state index is 12.3. The van der Waals surface area contributed by atoms with Crippen molar-refractivity contribution < 1.29 is 24.2 Å². The Morgan fingerprint density at radius 3 is 2.50 bits per heavy atom. The second-order valence-electron chi connectivity index (χ2n) is 5.62. The maximum Gasteiger partial charge on any atom is 0.342 e. The Hall–Kier alpha value is -2.80. The number of rotatable bonds is 6. The number of carbonyl (C=O) groups is 3. The highest BCUT2D eigenvalue weighted by atomic mass is 32.2. The minimum atomic E-state index is -0.779. The number of aryl methyl sites for hydroxylation is 1. The number of phenols is 1. The number of hydrogen-bond donors (Lipinski definition) is 2. The molecule has 2 aromatic carbocycles. The molecule has 0 heterocycles. The normalized spacial score (nSPS) is 10.3. The number of Topliss-reactive ketones (excluding diaryl/α,β-unsaturated/α-hetero) is 1. The van der Waals surface area contributed by atoms with Gasteiger partial charge in [-0.1, -0.05) is 12.1 Å². The second-order valence-corrected chi connectivity index (χ2v) is 6.46. The van der Waals surface area contributed by atoms with Gasteiger partial charge in [0.25, 0.3) is 0 Å². The van der Waals surface area contributed by atoms with E-state index in [4.69, 9.17) is 4.74 Å². The highest BCUT2D eigenvalue weighted by molar-refractivity contribution is 7.98. The fourth-order valence-electron chi connectivity index (χ4n) is 2.28. The van der Waals surface area contributed by atoms with E-state index in [-0.39, 0.29) is 17.2 Å². The van der Waals surface area contributed by atoms with Crippen molar-refractivity contribution in [2.75, 3.05) is 18.2 Å². The summed E-state index contributed by atoms with van der Waals surface area (Å²) in [7, 11) is 0. The first kappa shape index (κ1) is 19.5. The molecule has 0 bridgehead atoms. The summed E-state index contributed by atoms with van der Waals surface area (Å²) in [6.07, 6.45) is 1.86. The minimum Gasteiger partial charge on any atom is -0.507 e. The number of anilines is 1. The van der Waals surface area contributed by atoms with Gasteiger partial charge in [0.1, 0.15) is 11.3 Å². The summed E-state index contributed by atoms with van der Waals surface area (Å²) >= 11 is 1.44. The van der Waals surface area contributed by atoms with Crippen molar-refractivity contribution in [1.29, 1.82) is 0 Å². The van der Waals surface area contributed by atoms with E-state index in [1.54, 1.807) is 31.2 Å². The molecule has 0 saturated heterocycles. The van der Waals surface area contributed by atoms with Crippen LogP contribution in [0.2, 0.25) is 0 Å². The van der Waals surface area contributed by atoms with E-state index < -0.39 is 18.4 Å². The van der Waals surface area contributed by atoms with Gasteiger partial charge in [-0.2, -0.15) is 0 Å². The molecule has 0 aromatic heterocycles. The number of ketones is 1. The third-order valence-corrected chi connectivity index (χ3v) is 4.34. The molecule has 0 aliphatic rings. The molecule has 26 heavy (non-hydrogen) atoms. The van der Waals surface area contributed by atoms with Gasteiger partial charge < -0.3 is 15.2 Å². The van der Waals surface area contributed by atoms with Crippen LogP contribution in [0.3, 0.4) is 0 Å². The van der Waals surface area contributed by atoms with Crippen LogP contribution in [0.5, 0.6) is 5.75 Å². The van der Waals surface area contributed by atoms with Crippen LogP contribution < -0.4 is 5.32 Å². The molecule has 0 fully saturated rings. The largest absolute Gasteiger partial charge is 0.507 e. The standard InChI is InChI=1S/C19H19NO5S/c1-11-4-6-14(16(22)8-11)19(24)25-10-17(23)13-5-7-18(26-3)15(9-13)20-12(2)21/h4-9,22H,10H2,1-3H3,(H,20,21). The predicted molar refractivity (Wildman–Crippen MR) is 100.0 cm³/mol. The van der Waals surface area contributed by atoms with E-state index in [0.29, 0.717) is 11.3 Å². The van der Waals surface area contributed by atoms with E-state index in [1.807, 2.05) is 6.26 Å². The summed E-state index contributed by atoms with van der Waals surface area (Å²) in [5, 5.41) is 12.5. The molecule has 6 nitrogen and oxygen atoms in total. The van der Waals surface area contributed by atoms with Crippen LogP contribution in [0.25, 0.3) is 0 Å². The number of hydrogen-bond acceptors (Lipinski definition) is 6. The zero-order valence-electron chi connectivity index (χ0n) is 14.7. The summed E-state index contributed by atoms with van der Waals surface area (Å²) < 4.78 is 5.00. The molecule has 2 N–H and O–H groups in total. The Balaban J connectivity index is 2.09. The molecule has 0 aliphatic heterocycles. The van der Waals surface area contributed by atoms with E-state index in [1.165, 1.54) is 30.8 Å². The van der Waals surface area contributed by atoms with Gasteiger partial charge in [0.2, 0.25) is 5.91 Å². The minimum absolute atomic E-state index is 0.0000614. The number of benzene rings is 2. The zero-order valence-corrected chi connectivity index (χ0v) is 15.5. The fourth-order valence-corrected chi connectivity index (χ4v) is 2.81. The highest BCUT2D eigenvalue weighted by Gasteiger charge is 2.16. The van der Waals surface area contributed by atoms with E-state index in [0.717, 1.165) is 10.5 Å². The van der Waals surface area contributed by atoms with E-state index >= 15 is 0 Å². The number of carbonyl (C=O) groups excluding carboxylic acids is 3. The number of ether oxygens (including phenoxy) is 1. The van der Waals surface area contributed by atoms with E-state index in [9.17, 15) is 19.5 Å². The molecular formula is C19H19NO5S. The van der Waals surface area contributed by atoms with Gasteiger partial charge in [-0.15, -0.1) is 11.8 Å². The lowest BCUT2D eigenvalue weighted by atomic mass is 10.1. The Morgan fingerprint density at radius 2 is 1.88 bits per heavy atom. The molecule has 7 heteroatoms. The Morgan fingerprint density at radius 1 is 1.15 bits per heavy atom. The van der Waals surface area contributed by atoms with Crippen LogP contribution >= 0.6 is 11.8 Å². The molecule has 2 aromatic rings. The molecule has 0 atom stereocenters. The summed E-state index contributed by atoms with van der Waals surface area (Å²) in [6, 6.07) is 9.43. The molecule has 2 rings (SSSR count). The number of phenolic OH excluding ortho intramolecular Hbond substituents is 1. The number of amides is 1. The third-order valence-electron chi connectivity index (χ3n) is 3.54. The molecule has 136 valence electrons. The lowest BCUT2D eigenvalue weighted by molar-refractivity contribution is -0.114. The monoisotopic (exact) mass is 373 g/mol. The van der Waals surface area contributed by atoms with Crippen molar-refractivity contribution in [1.82, 2.24) is 0 Å². The summed E-state index contributed by atoms with van der Waals surface area (Å²) in [4.78, 5) is 36.4. The lowest BCUT2D eigenvalue weighted by Gasteiger charge is -2.10. The van der Waals surface area contributed by atoms with Crippen LogP contribution in [-0.4, -0.2) is 35.6 Å². The Labute approximate surface area is 155 Å². The number of esters is 1. The smallest absolute Gasteiger partial charge is 0.342 e. The van der Waals surface area contributed by atoms with Crippen molar-refractivity contribution in [2.24, 2.45) is 0 Å². The van der Waals surface area contributed by atoms with Gasteiger partial charge in [-0.05, 0) is 43.0 Å². The maximum absolute atomic E-state index is 12.3. The lowest BCUT2D eigenvalue weighted by Crippen LogP contribution is -2.15. The van der Waals surface area contributed by atoms with Crippen LogP contribution in [0, 0.1) is 6.92 Å². The van der Waals surface area contributed by atoms with Crippen molar-refractivity contribution in [3.05, 3.63) is 53.1 Å². The summed E-state index contributed by atoms with van der Waals surface area (Å²) in [5.41, 5.74) is 1.64. The second kappa shape index (κ2) is 8.53. The molecular weight excluding hydrogens is 354 g/mol. The van der Waals surface area contributed by atoms with Crippen molar-refractivity contribution in [2.45, 2.75) is 18.7 Å². The fraction of sp³-hybridized carbons (Fsp3) is 0.211. The topological polar surface area (TPSA) is 92.7 Å². The summed E-state index contributed by atoms with van der Waals surface area (Å²) in [5.74, 6) is -1.63. The zero-order chi connectivity index (χ0) is 19.3. The number of aromatic hydroxyl groups is 1. The van der Waals surface area contributed by atoms with Gasteiger partial charge in [0.05, 0.1) is 5.69 Å². The first-order chi connectivity index (χ1) is 12.3. The first-order valence-corrected chi connectivity index (χ1v) is 9.00. The molecule has 1 amide bonds. The van der Waals surface area contributed by atoms with Gasteiger partial charge in [-0.3, -0.25) is 9.59 Å². The average molecular weight is 373 g/mol. The summed E-state index contributed by atoms with van der Waals surface area (Å²) in [6.45, 7) is 2.70. The third kappa shape index (κ3) is 4.86. The van der Waals surface area contributed by atoms with Gasteiger partial charge >= 0.3 is 5.97 Å². The highest BCUT2D eigenvalue weighted by Crippen LogP contribution is 2.27. The van der Waals surface area contributed by atoms with Gasteiger partial charge in [0.15, 0.2) is 12.4 Å². The Bertz CT molecular complexity index is 863. The average Bonchev–Trinajstić information content (AvgIpc) is 2.58. The molecule has 0 aliphatic carbocycles.